The molecule has 0 saturated carbocycles. The van der Waals surface area contributed by atoms with Crippen molar-refractivity contribution >= 4 is 11.8 Å². The Morgan fingerprint density at radius 2 is 1.76 bits per heavy atom. The van der Waals surface area contributed by atoms with Gasteiger partial charge in [-0.1, -0.05) is 56.1 Å². The van der Waals surface area contributed by atoms with Crippen molar-refractivity contribution in [2.45, 2.75) is 91.6 Å². The van der Waals surface area contributed by atoms with E-state index >= 15 is 0 Å². The Morgan fingerprint density at radius 3 is 2.40 bits per heavy atom. The van der Waals surface area contributed by atoms with Crippen molar-refractivity contribution in [3.8, 4) is 0 Å². The van der Waals surface area contributed by atoms with Gasteiger partial charge in [0.25, 0.3) is 0 Å². The summed E-state index contributed by atoms with van der Waals surface area (Å²) in [5.41, 5.74) is 1.21. The Labute approximate surface area is 154 Å². The Balaban J connectivity index is 4.15. The molecule has 0 aromatic rings. The SMILES string of the molecule is CC=CC(C)=CCCC(C=CC)OC(=O)CCC(=O)CCCCCC. The maximum atomic E-state index is 12.0. The highest BCUT2D eigenvalue weighted by molar-refractivity contribution is 5.82. The normalized spacial score (nSPS) is 13.5. The lowest BCUT2D eigenvalue weighted by molar-refractivity contribution is -0.148. The lowest BCUT2D eigenvalue weighted by Gasteiger charge is -2.13. The van der Waals surface area contributed by atoms with Crippen molar-refractivity contribution in [2.24, 2.45) is 0 Å². The smallest absolute Gasteiger partial charge is 0.306 e. The van der Waals surface area contributed by atoms with Crippen molar-refractivity contribution in [2.75, 3.05) is 0 Å². The summed E-state index contributed by atoms with van der Waals surface area (Å²) in [6.07, 6.45) is 16.8. The molecule has 0 N–H and O–H groups in total. The van der Waals surface area contributed by atoms with Crippen LogP contribution in [-0.4, -0.2) is 17.9 Å². The van der Waals surface area contributed by atoms with Crippen molar-refractivity contribution in [3.63, 3.8) is 0 Å². The molecule has 0 amide bonds. The van der Waals surface area contributed by atoms with Crippen molar-refractivity contribution in [3.05, 3.63) is 36.0 Å². The van der Waals surface area contributed by atoms with Crippen LogP contribution in [0.15, 0.2) is 36.0 Å². The van der Waals surface area contributed by atoms with Crippen molar-refractivity contribution in [1.82, 2.24) is 0 Å². The van der Waals surface area contributed by atoms with E-state index in [-0.39, 0.29) is 24.3 Å². The Bertz CT molecular complexity index is 458. The molecule has 0 heterocycles. The van der Waals surface area contributed by atoms with Gasteiger partial charge in [0.1, 0.15) is 11.9 Å². The third kappa shape index (κ3) is 14.4. The van der Waals surface area contributed by atoms with E-state index in [2.05, 4.69) is 26.0 Å². The van der Waals surface area contributed by atoms with Crippen LogP contribution in [-0.2, 0) is 14.3 Å². The van der Waals surface area contributed by atoms with Crippen molar-refractivity contribution < 1.29 is 14.3 Å². The molecule has 0 bridgehead atoms. The first-order chi connectivity index (χ1) is 12.0. The molecule has 0 aromatic heterocycles. The van der Waals surface area contributed by atoms with Crippen LogP contribution in [0.1, 0.15) is 85.5 Å². The Kier molecular flexibility index (Phi) is 14.8. The minimum absolute atomic E-state index is 0.167. The van der Waals surface area contributed by atoms with Gasteiger partial charge in [0.05, 0.1) is 6.42 Å². The molecule has 0 aliphatic carbocycles. The van der Waals surface area contributed by atoms with Gasteiger partial charge < -0.3 is 4.74 Å². The second kappa shape index (κ2) is 15.9. The van der Waals surface area contributed by atoms with E-state index in [1.807, 2.05) is 32.1 Å². The number of Topliss-reactive ketones (excluding diaryl/α,β-unsaturated/α-hetero) is 1. The predicted molar refractivity (Wildman–Crippen MR) is 105 cm³/mol. The largest absolute Gasteiger partial charge is 0.458 e. The van der Waals surface area contributed by atoms with Gasteiger partial charge >= 0.3 is 5.97 Å². The van der Waals surface area contributed by atoms with Crippen LogP contribution < -0.4 is 0 Å². The van der Waals surface area contributed by atoms with E-state index < -0.39 is 0 Å². The number of hydrogen-bond acceptors (Lipinski definition) is 3. The summed E-state index contributed by atoms with van der Waals surface area (Å²) in [5, 5.41) is 0. The molecule has 0 saturated heterocycles. The number of ether oxygens (including phenoxy) is 1. The number of carbonyl (C=O) groups is 2. The maximum absolute atomic E-state index is 12.0. The fourth-order valence-electron chi connectivity index (χ4n) is 2.56. The van der Waals surface area contributed by atoms with Crippen LogP contribution >= 0.6 is 0 Å². The van der Waals surface area contributed by atoms with Gasteiger partial charge in [-0.3, -0.25) is 9.59 Å². The highest BCUT2D eigenvalue weighted by Gasteiger charge is 2.13. The lowest BCUT2D eigenvalue weighted by atomic mass is 10.1. The zero-order valence-electron chi connectivity index (χ0n) is 16.6. The van der Waals surface area contributed by atoms with Gasteiger partial charge in [-0.05, 0) is 46.1 Å². The van der Waals surface area contributed by atoms with Gasteiger partial charge in [0.2, 0.25) is 0 Å². The average molecular weight is 349 g/mol. The van der Waals surface area contributed by atoms with Gasteiger partial charge in [-0.15, -0.1) is 0 Å². The third-order valence-corrected chi connectivity index (χ3v) is 3.95. The maximum Gasteiger partial charge on any atom is 0.306 e. The molecule has 3 nitrogen and oxygen atoms in total. The molecule has 1 unspecified atom stereocenters. The van der Waals surface area contributed by atoms with Crippen LogP contribution in [0.25, 0.3) is 0 Å². The summed E-state index contributed by atoms with van der Waals surface area (Å²) >= 11 is 0. The summed E-state index contributed by atoms with van der Waals surface area (Å²) < 4.78 is 5.50. The fourth-order valence-corrected chi connectivity index (χ4v) is 2.56. The van der Waals surface area contributed by atoms with Crippen LogP contribution in [0, 0.1) is 0 Å². The molecule has 0 aliphatic heterocycles. The number of esters is 1. The summed E-state index contributed by atoms with van der Waals surface area (Å²) in [6.45, 7) is 8.12. The van der Waals surface area contributed by atoms with E-state index in [1.165, 1.54) is 12.0 Å². The second-order valence-corrected chi connectivity index (χ2v) is 6.43. The fraction of sp³-hybridized carbons (Fsp3) is 0.636. The number of carbonyl (C=O) groups excluding carboxylic acids is 2. The number of unbranched alkanes of at least 4 members (excludes halogenated alkanes) is 3. The molecule has 142 valence electrons. The first-order valence-electron chi connectivity index (χ1n) is 9.66. The van der Waals surface area contributed by atoms with Crippen molar-refractivity contribution in [1.29, 1.82) is 0 Å². The molecular weight excluding hydrogens is 312 g/mol. The first kappa shape index (κ1) is 23.4. The minimum Gasteiger partial charge on any atom is -0.458 e. The zero-order valence-corrected chi connectivity index (χ0v) is 16.6. The molecule has 1 atom stereocenters. The van der Waals surface area contributed by atoms with E-state index in [0.717, 1.165) is 32.1 Å². The van der Waals surface area contributed by atoms with Gasteiger partial charge in [0.15, 0.2) is 0 Å². The van der Waals surface area contributed by atoms with E-state index in [9.17, 15) is 9.59 Å². The van der Waals surface area contributed by atoms with Gasteiger partial charge in [0, 0.05) is 12.8 Å². The predicted octanol–water partition coefficient (Wildman–Crippen LogP) is 6.10. The first-order valence-corrected chi connectivity index (χ1v) is 9.66. The van der Waals surface area contributed by atoms with E-state index in [1.54, 1.807) is 0 Å². The molecule has 0 aromatic carbocycles. The number of ketones is 1. The highest BCUT2D eigenvalue weighted by atomic mass is 16.5. The number of allylic oxidation sites excluding steroid dienone is 5. The summed E-state index contributed by atoms with van der Waals surface area (Å²) in [7, 11) is 0. The molecule has 0 rings (SSSR count). The molecular formula is C22H36O3. The summed E-state index contributed by atoms with van der Waals surface area (Å²) in [4.78, 5) is 23.8. The van der Waals surface area contributed by atoms with Crippen LogP contribution in [0.2, 0.25) is 0 Å². The topological polar surface area (TPSA) is 43.4 Å². The zero-order chi connectivity index (χ0) is 18.9. The molecule has 0 aliphatic rings. The average Bonchev–Trinajstić information content (AvgIpc) is 2.57. The minimum atomic E-state index is -0.279. The summed E-state index contributed by atoms with van der Waals surface area (Å²) in [6, 6.07) is 0. The second-order valence-electron chi connectivity index (χ2n) is 6.43. The van der Waals surface area contributed by atoms with Crippen LogP contribution in [0.5, 0.6) is 0 Å². The Morgan fingerprint density at radius 1 is 1.00 bits per heavy atom. The quantitative estimate of drug-likeness (QED) is 0.165. The standard InChI is InChI=1S/C22H36O3/c1-5-8-9-10-15-20(23)17-18-22(24)25-21(13-7-3)16-11-14-19(4)12-6-2/h6-7,12-14,21H,5,8-11,15-18H2,1-4H3. The number of rotatable bonds is 14. The monoisotopic (exact) mass is 348 g/mol. The van der Waals surface area contributed by atoms with Gasteiger partial charge in [-0.2, -0.15) is 0 Å². The molecule has 3 heteroatoms. The lowest BCUT2D eigenvalue weighted by Crippen LogP contribution is -2.17. The van der Waals surface area contributed by atoms with Gasteiger partial charge in [-0.25, -0.2) is 0 Å². The van der Waals surface area contributed by atoms with Crippen LogP contribution in [0.3, 0.4) is 0 Å². The number of hydrogen-bond donors (Lipinski definition) is 0. The third-order valence-electron chi connectivity index (χ3n) is 3.95. The van der Waals surface area contributed by atoms with E-state index in [0.29, 0.717) is 12.8 Å². The van der Waals surface area contributed by atoms with Crippen LogP contribution in [0.4, 0.5) is 0 Å². The molecule has 0 fully saturated rings. The Hall–Kier alpha value is -1.64. The molecule has 0 spiro atoms. The summed E-state index contributed by atoms with van der Waals surface area (Å²) in [5.74, 6) is -0.111. The van der Waals surface area contributed by atoms with E-state index in [4.69, 9.17) is 4.74 Å². The molecule has 25 heavy (non-hydrogen) atoms. The molecule has 0 radical (unpaired) electrons. The highest BCUT2D eigenvalue weighted by Crippen LogP contribution is 2.11.